The highest BCUT2D eigenvalue weighted by Gasteiger charge is 2.30. The van der Waals surface area contributed by atoms with Gasteiger partial charge in [0.2, 0.25) is 0 Å². The number of carbonyl (C=O) groups is 1. The Kier molecular flexibility index (Phi) is 6.73. The summed E-state index contributed by atoms with van der Waals surface area (Å²) >= 11 is 12.7. The molecule has 1 saturated heterocycles. The van der Waals surface area contributed by atoms with Gasteiger partial charge in [-0.15, -0.1) is 0 Å². The molecule has 2 aliphatic rings. The highest BCUT2D eigenvalue weighted by molar-refractivity contribution is 6.35. The number of aromatic nitrogens is 2. The van der Waals surface area contributed by atoms with Gasteiger partial charge in [0.25, 0.3) is 5.91 Å². The SMILES string of the molecule is O=C(NN1CCCCC1)c1nn(-c2ccc(Cl)cc2Cl)c2c1CCCC2=Cc1ccc(F)cc1. The normalized spacial score (nSPS) is 17.6. The van der Waals surface area contributed by atoms with Gasteiger partial charge in [0, 0.05) is 23.7 Å². The third-order valence-corrected chi connectivity index (χ3v) is 6.88. The van der Waals surface area contributed by atoms with Crippen LogP contribution in [0.15, 0.2) is 42.5 Å². The second-order valence-electron chi connectivity index (χ2n) is 8.75. The van der Waals surface area contributed by atoms with Gasteiger partial charge in [0.05, 0.1) is 16.4 Å². The molecule has 8 heteroatoms. The van der Waals surface area contributed by atoms with Gasteiger partial charge in [0.1, 0.15) is 5.82 Å². The largest absolute Gasteiger partial charge is 0.286 e. The van der Waals surface area contributed by atoms with E-state index < -0.39 is 0 Å². The van der Waals surface area contributed by atoms with E-state index in [1.165, 1.54) is 18.6 Å². The van der Waals surface area contributed by atoms with Crippen molar-refractivity contribution in [1.29, 1.82) is 0 Å². The summed E-state index contributed by atoms with van der Waals surface area (Å²) in [5.74, 6) is -0.480. The molecule has 2 heterocycles. The van der Waals surface area contributed by atoms with Crippen molar-refractivity contribution in [2.24, 2.45) is 0 Å². The lowest BCUT2D eigenvalue weighted by Gasteiger charge is -2.26. The predicted octanol–water partition coefficient (Wildman–Crippen LogP) is 6.33. The number of fused-ring (bicyclic) bond motifs is 1. The molecule has 3 aromatic rings. The molecule has 0 spiro atoms. The van der Waals surface area contributed by atoms with Gasteiger partial charge >= 0.3 is 0 Å². The number of benzene rings is 2. The Bertz CT molecular complexity index is 1250. The zero-order chi connectivity index (χ0) is 23.7. The first-order valence-corrected chi connectivity index (χ1v) is 12.3. The summed E-state index contributed by atoms with van der Waals surface area (Å²) in [5.41, 5.74) is 7.81. The number of hydrogen-bond acceptors (Lipinski definition) is 3. The average molecular weight is 499 g/mol. The van der Waals surface area contributed by atoms with Gasteiger partial charge in [-0.05, 0) is 79.6 Å². The Morgan fingerprint density at radius 3 is 2.50 bits per heavy atom. The summed E-state index contributed by atoms with van der Waals surface area (Å²) in [6.07, 6.45) is 7.80. The van der Waals surface area contributed by atoms with Gasteiger partial charge in [-0.1, -0.05) is 41.8 Å². The van der Waals surface area contributed by atoms with Crippen molar-refractivity contribution in [2.45, 2.75) is 38.5 Å². The summed E-state index contributed by atoms with van der Waals surface area (Å²) < 4.78 is 15.2. The second kappa shape index (κ2) is 9.90. The van der Waals surface area contributed by atoms with E-state index in [0.717, 1.165) is 67.6 Å². The number of hydrazine groups is 1. The number of piperidine rings is 1. The Balaban J connectivity index is 1.61. The molecule has 0 bridgehead atoms. The lowest BCUT2D eigenvalue weighted by atomic mass is 9.89. The number of rotatable bonds is 4. The van der Waals surface area contributed by atoms with Gasteiger partial charge in [-0.25, -0.2) is 14.1 Å². The minimum absolute atomic E-state index is 0.204. The van der Waals surface area contributed by atoms with Gasteiger partial charge < -0.3 is 0 Å². The fraction of sp³-hybridized carbons (Fsp3) is 0.308. The molecule has 0 saturated carbocycles. The smallest absolute Gasteiger partial charge is 0.283 e. The molecule has 5 nitrogen and oxygen atoms in total. The molecule has 0 unspecified atom stereocenters. The number of carbonyl (C=O) groups excluding carboxylic acids is 1. The van der Waals surface area contributed by atoms with Crippen LogP contribution in [0, 0.1) is 5.82 Å². The summed E-state index contributed by atoms with van der Waals surface area (Å²) in [4.78, 5) is 13.3. The molecule has 1 fully saturated rings. The summed E-state index contributed by atoms with van der Waals surface area (Å²) in [6, 6.07) is 11.6. The molecule has 34 heavy (non-hydrogen) atoms. The van der Waals surface area contributed by atoms with Crippen molar-refractivity contribution in [3.63, 3.8) is 0 Å². The number of nitrogens with zero attached hydrogens (tertiary/aromatic N) is 3. The lowest BCUT2D eigenvalue weighted by molar-refractivity contribution is 0.0743. The highest BCUT2D eigenvalue weighted by atomic mass is 35.5. The molecule has 5 rings (SSSR count). The maximum Gasteiger partial charge on any atom is 0.286 e. The van der Waals surface area contributed by atoms with Crippen LogP contribution in [0.2, 0.25) is 10.0 Å². The minimum Gasteiger partial charge on any atom is -0.283 e. The van der Waals surface area contributed by atoms with Crippen molar-refractivity contribution in [1.82, 2.24) is 20.2 Å². The van der Waals surface area contributed by atoms with E-state index in [4.69, 9.17) is 28.3 Å². The van der Waals surface area contributed by atoms with Crippen molar-refractivity contribution < 1.29 is 9.18 Å². The zero-order valence-corrected chi connectivity index (χ0v) is 20.2. The quantitative estimate of drug-likeness (QED) is 0.457. The number of amides is 1. The van der Waals surface area contributed by atoms with Crippen molar-refractivity contribution in [2.75, 3.05) is 13.1 Å². The number of hydrogen-bond donors (Lipinski definition) is 1. The van der Waals surface area contributed by atoms with Crippen molar-refractivity contribution >= 4 is 40.8 Å². The molecule has 176 valence electrons. The molecule has 0 atom stereocenters. The van der Waals surface area contributed by atoms with E-state index in [-0.39, 0.29) is 11.7 Å². The average Bonchev–Trinajstić information content (AvgIpc) is 3.22. The van der Waals surface area contributed by atoms with Crippen LogP contribution in [0.1, 0.15) is 59.4 Å². The molecule has 0 radical (unpaired) electrons. The minimum atomic E-state index is -0.277. The summed E-state index contributed by atoms with van der Waals surface area (Å²) in [6.45, 7) is 1.68. The van der Waals surface area contributed by atoms with Crippen LogP contribution in [0.5, 0.6) is 0 Å². The second-order valence-corrected chi connectivity index (χ2v) is 9.59. The highest BCUT2D eigenvalue weighted by Crippen LogP contribution is 2.37. The lowest BCUT2D eigenvalue weighted by Crippen LogP contribution is -2.45. The van der Waals surface area contributed by atoms with Gasteiger partial charge in [0.15, 0.2) is 5.69 Å². The Morgan fingerprint density at radius 1 is 1.00 bits per heavy atom. The van der Waals surface area contributed by atoms with Gasteiger partial charge in [-0.2, -0.15) is 5.10 Å². The summed E-state index contributed by atoms with van der Waals surface area (Å²) in [5, 5.41) is 7.73. The van der Waals surface area contributed by atoms with Crippen LogP contribution in [0.3, 0.4) is 0 Å². The standard InChI is InChI=1S/C26H25Cl2FN4O/c27-19-9-12-23(22(28)16-19)33-25-18(15-17-7-10-20(29)11-8-17)5-4-6-21(25)24(30-33)26(34)31-32-13-2-1-3-14-32/h7-12,15-16H,1-6,13-14H2,(H,31,34). The third kappa shape index (κ3) is 4.76. The first-order chi connectivity index (χ1) is 16.5. The molecule has 2 aromatic carbocycles. The third-order valence-electron chi connectivity index (χ3n) is 6.34. The van der Waals surface area contributed by atoms with Crippen LogP contribution in [0.4, 0.5) is 4.39 Å². The first kappa shape index (κ1) is 23.1. The Morgan fingerprint density at radius 2 is 1.76 bits per heavy atom. The number of halogens is 3. The molecule has 1 aliphatic carbocycles. The zero-order valence-electron chi connectivity index (χ0n) is 18.7. The van der Waals surface area contributed by atoms with Crippen molar-refractivity contribution in [3.05, 3.63) is 80.8 Å². The van der Waals surface area contributed by atoms with Crippen LogP contribution < -0.4 is 5.43 Å². The number of nitrogens with one attached hydrogen (secondary N) is 1. The van der Waals surface area contributed by atoms with Crippen LogP contribution in [0.25, 0.3) is 17.3 Å². The van der Waals surface area contributed by atoms with Crippen LogP contribution >= 0.6 is 23.2 Å². The number of allylic oxidation sites excluding steroid dienone is 1. The maximum absolute atomic E-state index is 13.4. The molecular formula is C26H25Cl2FN4O. The van der Waals surface area contributed by atoms with E-state index in [1.54, 1.807) is 28.9 Å². The molecule has 1 N–H and O–H groups in total. The van der Waals surface area contributed by atoms with Crippen LogP contribution in [-0.4, -0.2) is 33.8 Å². The van der Waals surface area contributed by atoms with E-state index in [0.29, 0.717) is 21.4 Å². The van der Waals surface area contributed by atoms with E-state index >= 15 is 0 Å². The van der Waals surface area contributed by atoms with Gasteiger partial charge in [-0.3, -0.25) is 10.2 Å². The van der Waals surface area contributed by atoms with E-state index in [9.17, 15) is 9.18 Å². The monoisotopic (exact) mass is 498 g/mol. The molecule has 1 aromatic heterocycles. The molecular weight excluding hydrogens is 474 g/mol. The Hall–Kier alpha value is -2.67. The van der Waals surface area contributed by atoms with E-state index in [1.807, 2.05) is 17.2 Å². The first-order valence-electron chi connectivity index (χ1n) is 11.6. The Labute approximate surface area is 208 Å². The molecule has 1 amide bonds. The maximum atomic E-state index is 13.4. The fourth-order valence-electron chi connectivity index (χ4n) is 4.70. The van der Waals surface area contributed by atoms with Crippen molar-refractivity contribution in [3.8, 4) is 5.69 Å². The molecule has 1 aliphatic heterocycles. The predicted molar refractivity (Wildman–Crippen MR) is 134 cm³/mol. The fourth-order valence-corrected chi connectivity index (χ4v) is 5.19. The summed E-state index contributed by atoms with van der Waals surface area (Å²) in [7, 11) is 0. The van der Waals surface area contributed by atoms with E-state index in [2.05, 4.69) is 5.43 Å². The van der Waals surface area contributed by atoms with Crippen LogP contribution in [-0.2, 0) is 6.42 Å². The topological polar surface area (TPSA) is 50.2 Å².